The number of nitrogens with one attached hydrogen (secondary N) is 1. The van der Waals surface area contributed by atoms with Gasteiger partial charge in [-0.15, -0.1) is 11.8 Å². The van der Waals surface area contributed by atoms with Crippen LogP contribution in [0.25, 0.3) is 0 Å². The molecule has 2 aliphatic heterocycles. The SMILES string of the molecule is CCON=C(C(=O)NC1C(=O)N2CC(CSC#Cc3cccnc3)(C(=O)OC(c3ccccc3)c3ccccc3)CS[C@H]12)c1nsc(N)n1. The maximum Gasteiger partial charge on any atom is 0.316 e. The highest BCUT2D eigenvalue weighted by Gasteiger charge is 2.58. The number of oxime groups is 1. The molecule has 0 spiro atoms. The number of carbonyl (C=O) groups excluding carboxylic acids is 3. The fourth-order valence-electron chi connectivity index (χ4n) is 5.27. The van der Waals surface area contributed by atoms with Crippen molar-refractivity contribution in [3.05, 3.63) is 108 Å². The molecule has 4 heterocycles. The summed E-state index contributed by atoms with van der Waals surface area (Å²) in [6, 6.07) is 21.9. The molecule has 6 rings (SSSR count). The van der Waals surface area contributed by atoms with E-state index in [1.165, 1.54) is 23.5 Å². The van der Waals surface area contributed by atoms with Gasteiger partial charge in [-0.1, -0.05) is 83.5 Å². The number of benzene rings is 2. The third-order valence-corrected chi connectivity index (χ3v) is 10.8. The van der Waals surface area contributed by atoms with Gasteiger partial charge in [0.2, 0.25) is 17.4 Å². The van der Waals surface area contributed by atoms with E-state index in [-0.39, 0.29) is 41.5 Å². The molecule has 2 amide bonds. The molecule has 0 radical (unpaired) electrons. The van der Waals surface area contributed by atoms with Crippen LogP contribution in [-0.2, 0) is 24.0 Å². The number of rotatable bonds is 11. The van der Waals surface area contributed by atoms with Crippen molar-refractivity contribution in [3.8, 4) is 11.2 Å². The fourth-order valence-corrected chi connectivity index (χ4v) is 8.22. The van der Waals surface area contributed by atoms with Crippen LogP contribution in [0.3, 0.4) is 0 Å². The van der Waals surface area contributed by atoms with E-state index in [1.54, 1.807) is 30.3 Å². The van der Waals surface area contributed by atoms with E-state index < -0.39 is 34.8 Å². The largest absolute Gasteiger partial charge is 0.452 e. The highest BCUT2D eigenvalue weighted by atomic mass is 32.2. The summed E-state index contributed by atoms with van der Waals surface area (Å²) in [7, 11) is 0. The molecule has 2 aromatic carbocycles. The number of ether oxygens (including phenoxy) is 1. The number of fused-ring (bicyclic) bond motifs is 1. The number of nitrogen functional groups attached to an aromatic ring is 1. The first-order chi connectivity index (χ1) is 23.9. The van der Waals surface area contributed by atoms with Gasteiger partial charge in [0.25, 0.3) is 5.91 Å². The van der Waals surface area contributed by atoms with E-state index in [0.29, 0.717) is 5.75 Å². The summed E-state index contributed by atoms with van der Waals surface area (Å²) in [5.41, 5.74) is 6.84. The first-order valence-corrected chi connectivity index (χ1v) is 18.1. The average Bonchev–Trinajstić information content (AvgIpc) is 3.58. The molecule has 0 saturated carbocycles. The molecule has 15 heteroatoms. The Kier molecular flexibility index (Phi) is 10.8. The number of amides is 2. The summed E-state index contributed by atoms with van der Waals surface area (Å²) in [4.78, 5) is 56.1. The van der Waals surface area contributed by atoms with Crippen LogP contribution in [0.1, 0.15) is 35.5 Å². The number of hydrogen-bond acceptors (Lipinski definition) is 13. The monoisotopic (exact) mass is 713 g/mol. The third kappa shape index (κ3) is 7.72. The molecule has 0 bridgehead atoms. The number of nitrogens with zero attached hydrogens (tertiary/aromatic N) is 5. The standard InChI is InChI=1S/C34H31N7O5S3/c1-2-45-39-25(28-38-33(35)49-40-28)29(42)37-26-30(43)41-19-34(21-48-31(26)41,20-47-17-15-22-10-9-16-36-18-22)32(44)46-27(23-11-5-3-6-12-23)24-13-7-4-8-14-24/h3-14,16,18,26-27,31H,2,19-21H2,1H3,(H,37,42)(H2,35,38,40)/t26?,31-,34?/m1/s1. The maximum atomic E-state index is 14.4. The summed E-state index contributed by atoms with van der Waals surface area (Å²) >= 11 is 3.60. The Morgan fingerprint density at radius 2 is 1.88 bits per heavy atom. The van der Waals surface area contributed by atoms with Gasteiger partial charge in [-0.25, -0.2) is 0 Å². The van der Waals surface area contributed by atoms with Crippen LogP contribution >= 0.6 is 35.1 Å². The van der Waals surface area contributed by atoms with Crippen molar-refractivity contribution >= 4 is 63.7 Å². The number of anilines is 1. The van der Waals surface area contributed by atoms with E-state index in [2.05, 4.69) is 36.0 Å². The topological polar surface area (TPSA) is 162 Å². The Morgan fingerprint density at radius 3 is 2.51 bits per heavy atom. The highest BCUT2D eigenvalue weighted by molar-refractivity contribution is 8.04. The van der Waals surface area contributed by atoms with E-state index in [0.717, 1.165) is 28.2 Å². The molecule has 3 N–H and O–H groups in total. The van der Waals surface area contributed by atoms with Gasteiger partial charge in [0, 0.05) is 47.5 Å². The minimum absolute atomic E-state index is 0.00550. The van der Waals surface area contributed by atoms with E-state index >= 15 is 0 Å². The van der Waals surface area contributed by atoms with Gasteiger partial charge in [0.05, 0.1) is 0 Å². The third-order valence-electron chi connectivity index (χ3n) is 7.73. The molecule has 250 valence electrons. The molecule has 12 nitrogen and oxygen atoms in total. The van der Waals surface area contributed by atoms with Gasteiger partial charge in [-0.3, -0.25) is 19.4 Å². The molecule has 2 unspecified atom stereocenters. The molecule has 2 saturated heterocycles. The van der Waals surface area contributed by atoms with Crippen LogP contribution in [0.4, 0.5) is 5.13 Å². The lowest BCUT2D eigenvalue weighted by atomic mass is 9.88. The zero-order valence-corrected chi connectivity index (χ0v) is 28.7. The zero-order valence-electron chi connectivity index (χ0n) is 26.2. The quantitative estimate of drug-likeness (QED) is 0.0766. The van der Waals surface area contributed by atoms with Crippen molar-refractivity contribution in [2.45, 2.75) is 24.4 Å². The number of β-lactam (4-membered cyclic amide) rings is 1. The molecule has 2 aromatic heterocycles. The van der Waals surface area contributed by atoms with Crippen LogP contribution in [0, 0.1) is 16.6 Å². The lowest BCUT2D eigenvalue weighted by Crippen LogP contribution is -2.74. The lowest BCUT2D eigenvalue weighted by Gasteiger charge is -2.54. The molecule has 49 heavy (non-hydrogen) atoms. The normalized spacial score (nSPS) is 20.0. The second kappa shape index (κ2) is 15.5. The predicted molar refractivity (Wildman–Crippen MR) is 189 cm³/mol. The van der Waals surface area contributed by atoms with Gasteiger partial charge >= 0.3 is 5.97 Å². The summed E-state index contributed by atoms with van der Waals surface area (Å²) < 4.78 is 10.4. The highest BCUT2D eigenvalue weighted by Crippen LogP contribution is 2.45. The number of aromatic nitrogens is 3. The molecule has 0 aliphatic carbocycles. The zero-order chi connectivity index (χ0) is 34.2. The fraction of sp³-hybridized carbons (Fsp3) is 0.265. The van der Waals surface area contributed by atoms with Gasteiger partial charge in [-0.05, 0) is 35.4 Å². The van der Waals surface area contributed by atoms with Crippen LogP contribution in [0.5, 0.6) is 0 Å². The number of hydrogen-bond donors (Lipinski definition) is 2. The second-order valence-electron chi connectivity index (χ2n) is 11.1. The van der Waals surface area contributed by atoms with Crippen molar-refractivity contribution in [1.82, 2.24) is 24.6 Å². The van der Waals surface area contributed by atoms with Crippen molar-refractivity contribution in [2.24, 2.45) is 10.6 Å². The number of pyridine rings is 1. The number of thioether (sulfide) groups is 2. The minimum Gasteiger partial charge on any atom is -0.452 e. The predicted octanol–water partition coefficient (Wildman–Crippen LogP) is 3.72. The van der Waals surface area contributed by atoms with Crippen molar-refractivity contribution in [3.63, 3.8) is 0 Å². The Labute approximate surface area is 295 Å². The number of esters is 1. The Hall–Kier alpha value is -4.91. The van der Waals surface area contributed by atoms with Crippen molar-refractivity contribution in [1.29, 1.82) is 0 Å². The molecule has 2 aliphatic rings. The lowest BCUT2D eigenvalue weighted by molar-refractivity contribution is -0.164. The molecule has 3 atom stereocenters. The maximum absolute atomic E-state index is 14.4. The Balaban J connectivity index is 1.22. The van der Waals surface area contributed by atoms with Gasteiger partial charge in [0.15, 0.2) is 11.2 Å². The van der Waals surface area contributed by atoms with Gasteiger partial charge < -0.3 is 25.5 Å². The summed E-state index contributed by atoms with van der Waals surface area (Å²) in [5, 5.41) is 9.46. The van der Waals surface area contributed by atoms with Gasteiger partial charge in [0.1, 0.15) is 23.4 Å². The first kappa shape index (κ1) is 34.0. The van der Waals surface area contributed by atoms with Crippen LogP contribution in [0.2, 0.25) is 0 Å². The van der Waals surface area contributed by atoms with Crippen LogP contribution < -0.4 is 11.1 Å². The van der Waals surface area contributed by atoms with E-state index in [4.69, 9.17) is 15.3 Å². The van der Waals surface area contributed by atoms with Crippen LogP contribution in [-0.4, -0.2) is 78.8 Å². The number of carbonyl (C=O) groups is 3. The van der Waals surface area contributed by atoms with Crippen molar-refractivity contribution in [2.75, 3.05) is 30.4 Å². The molecule has 2 fully saturated rings. The van der Waals surface area contributed by atoms with Crippen LogP contribution in [0.15, 0.2) is 90.3 Å². The van der Waals surface area contributed by atoms with Gasteiger partial charge in [-0.2, -0.15) is 9.36 Å². The minimum atomic E-state index is -1.09. The summed E-state index contributed by atoms with van der Waals surface area (Å²) in [5.74, 6) is 2.23. The smallest absolute Gasteiger partial charge is 0.316 e. The van der Waals surface area contributed by atoms with Crippen molar-refractivity contribution < 1.29 is 24.0 Å². The average molecular weight is 714 g/mol. The molecule has 4 aromatic rings. The Morgan fingerprint density at radius 1 is 1.14 bits per heavy atom. The summed E-state index contributed by atoms with van der Waals surface area (Å²) in [6.45, 7) is 2.02. The summed E-state index contributed by atoms with van der Waals surface area (Å²) in [6.07, 6.45) is 2.68. The first-order valence-electron chi connectivity index (χ1n) is 15.2. The second-order valence-corrected chi connectivity index (χ2v) is 13.7. The Bertz CT molecular complexity index is 1850. The van der Waals surface area contributed by atoms with E-state index in [9.17, 15) is 14.4 Å². The molecular weight excluding hydrogens is 683 g/mol. The number of nitrogens with two attached hydrogens (primary N) is 1. The van der Waals surface area contributed by atoms with E-state index in [1.807, 2.05) is 66.7 Å². The molecular formula is C34H31N7O5S3.